The highest BCUT2D eigenvalue weighted by Gasteiger charge is 2.30. The van der Waals surface area contributed by atoms with E-state index in [1.54, 1.807) is 0 Å². The molecule has 2 aromatic carbocycles. The number of nitrogens with one attached hydrogen (secondary N) is 1. The third kappa shape index (κ3) is 3.64. The number of hydrogen-bond acceptors (Lipinski definition) is 2. The van der Waals surface area contributed by atoms with E-state index in [9.17, 15) is 0 Å². The topological polar surface area (TPSA) is 21.3 Å². The van der Waals surface area contributed by atoms with Crippen LogP contribution in [0.3, 0.4) is 0 Å². The highest BCUT2D eigenvalue weighted by Crippen LogP contribution is 2.38. The van der Waals surface area contributed by atoms with Gasteiger partial charge in [0.2, 0.25) is 0 Å². The SMILES string of the molecule is Cc1ccccc1C1CC(NCCOc2ccccc2)C1. The van der Waals surface area contributed by atoms with E-state index in [1.165, 1.54) is 24.0 Å². The Kier molecular flexibility index (Phi) is 4.56. The van der Waals surface area contributed by atoms with Gasteiger partial charge in [0.15, 0.2) is 0 Å². The standard InChI is InChI=1S/C19H23NO/c1-15-7-5-6-10-19(15)16-13-17(14-16)20-11-12-21-18-8-3-2-4-9-18/h2-10,16-17,20H,11-14H2,1H3. The van der Waals surface area contributed by atoms with Crippen LogP contribution in [0.5, 0.6) is 5.75 Å². The first-order valence-corrected chi connectivity index (χ1v) is 7.79. The first kappa shape index (κ1) is 14.2. The molecule has 0 unspecified atom stereocenters. The Labute approximate surface area is 127 Å². The summed E-state index contributed by atoms with van der Waals surface area (Å²) in [5, 5.41) is 3.58. The average Bonchev–Trinajstić information content (AvgIpc) is 2.47. The molecule has 1 N–H and O–H groups in total. The van der Waals surface area contributed by atoms with Crippen molar-refractivity contribution in [2.45, 2.75) is 31.7 Å². The summed E-state index contributed by atoms with van der Waals surface area (Å²) in [5.41, 5.74) is 2.95. The van der Waals surface area contributed by atoms with Crippen molar-refractivity contribution >= 4 is 0 Å². The van der Waals surface area contributed by atoms with E-state index in [0.29, 0.717) is 6.04 Å². The smallest absolute Gasteiger partial charge is 0.119 e. The van der Waals surface area contributed by atoms with Crippen LogP contribution in [0.25, 0.3) is 0 Å². The Hall–Kier alpha value is -1.80. The van der Waals surface area contributed by atoms with Crippen molar-refractivity contribution < 1.29 is 4.74 Å². The van der Waals surface area contributed by atoms with Crippen molar-refractivity contribution in [2.75, 3.05) is 13.2 Å². The minimum atomic E-state index is 0.647. The highest BCUT2D eigenvalue weighted by atomic mass is 16.5. The lowest BCUT2D eigenvalue weighted by molar-refractivity contribution is 0.254. The molecule has 1 aliphatic carbocycles. The van der Waals surface area contributed by atoms with Gasteiger partial charge in [-0.3, -0.25) is 0 Å². The zero-order chi connectivity index (χ0) is 14.5. The number of ether oxygens (including phenoxy) is 1. The van der Waals surface area contributed by atoms with Crippen molar-refractivity contribution in [2.24, 2.45) is 0 Å². The molecule has 0 aliphatic heterocycles. The van der Waals surface area contributed by atoms with Crippen LogP contribution < -0.4 is 10.1 Å². The summed E-state index contributed by atoms with van der Waals surface area (Å²) in [7, 11) is 0. The van der Waals surface area contributed by atoms with Crippen molar-refractivity contribution in [1.82, 2.24) is 5.32 Å². The van der Waals surface area contributed by atoms with Gasteiger partial charge in [0.1, 0.15) is 12.4 Å². The van der Waals surface area contributed by atoms with Gasteiger partial charge in [-0.15, -0.1) is 0 Å². The van der Waals surface area contributed by atoms with Crippen LogP contribution in [-0.4, -0.2) is 19.2 Å². The summed E-state index contributed by atoms with van der Waals surface area (Å²) in [6, 6.07) is 19.4. The second-order valence-electron chi connectivity index (χ2n) is 5.84. The minimum Gasteiger partial charge on any atom is -0.492 e. The monoisotopic (exact) mass is 281 g/mol. The molecule has 1 aliphatic rings. The zero-order valence-electron chi connectivity index (χ0n) is 12.6. The molecule has 21 heavy (non-hydrogen) atoms. The number of benzene rings is 2. The predicted molar refractivity (Wildman–Crippen MR) is 86.9 cm³/mol. The Bertz CT molecular complexity index is 561. The van der Waals surface area contributed by atoms with E-state index >= 15 is 0 Å². The summed E-state index contributed by atoms with van der Waals surface area (Å²) in [5.74, 6) is 1.68. The van der Waals surface area contributed by atoms with Gasteiger partial charge in [-0.1, -0.05) is 42.5 Å². The fourth-order valence-corrected chi connectivity index (χ4v) is 3.03. The van der Waals surface area contributed by atoms with Gasteiger partial charge in [0, 0.05) is 12.6 Å². The van der Waals surface area contributed by atoms with Crippen LogP contribution in [0.4, 0.5) is 0 Å². The van der Waals surface area contributed by atoms with Crippen LogP contribution >= 0.6 is 0 Å². The maximum absolute atomic E-state index is 5.69. The summed E-state index contributed by atoms with van der Waals surface area (Å²) in [4.78, 5) is 0. The summed E-state index contributed by atoms with van der Waals surface area (Å²) in [6.07, 6.45) is 2.49. The van der Waals surface area contributed by atoms with Gasteiger partial charge < -0.3 is 10.1 Å². The largest absolute Gasteiger partial charge is 0.492 e. The van der Waals surface area contributed by atoms with Crippen molar-refractivity contribution in [3.63, 3.8) is 0 Å². The third-order valence-electron chi connectivity index (χ3n) is 4.31. The molecule has 0 saturated heterocycles. The molecule has 110 valence electrons. The molecule has 1 saturated carbocycles. The summed E-state index contributed by atoms with van der Waals surface area (Å²) < 4.78 is 5.69. The number of para-hydroxylation sites is 1. The van der Waals surface area contributed by atoms with Crippen LogP contribution in [0.1, 0.15) is 29.9 Å². The van der Waals surface area contributed by atoms with Crippen molar-refractivity contribution in [3.05, 3.63) is 65.7 Å². The molecule has 0 spiro atoms. The lowest BCUT2D eigenvalue weighted by Crippen LogP contribution is -2.41. The Balaban J connectivity index is 1.35. The first-order chi connectivity index (χ1) is 10.3. The van der Waals surface area contributed by atoms with Gasteiger partial charge >= 0.3 is 0 Å². The van der Waals surface area contributed by atoms with Crippen LogP contribution in [0, 0.1) is 6.92 Å². The van der Waals surface area contributed by atoms with E-state index in [4.69, 9.17) is 4.74 Å². The molecule has 0 amide bonds. The predicted octanol–water partition coefficient (Wildman–Crippen LogP) is 3.91. The fraction of sp³-hybridized carbons (Fsp3) is 0.368. The molecule has 1 fully saturated rings. The molecule has 3 rings (SSSR count). The molecule has 2 nitrogen and oxygen atoms in total. The molecule has 0 heterocycles. The van der Waals surface area contributed by atoms with E-state index < -0.39 is 0 Å². The molecular weight excluding hydrogens is 258 g/mol. The lowest BCUT2D eigenvalue weighted by Gasteiger charge is -2.37. The highest BCUT2D eigenvalue weighted by molar-refractivity contribution is 5.31. The molecular formula is C19H23NO. The Morgan fingerprint density at radius 1 is 1.00 bits per heavy atom. The first-order valence-electron chi connectivity index (χ1n) is 7.79. The van der Waals surface area contributed by atoms with Gasteiger partial charge in [-0.25, -0.2) is 0 Å². The molecule has 0 bridgehead atoms. The normalized spacial score (nSPS) is 20.8. The van der Waals surface area contributed by atoms with Crippen LogP contribution in [-0.2, 0) is 0 Å². The maximum Gasteiger partial charge on any atom is 0.119 e. The van der Waals surface area contributed by atoms with Crippen LogP contribution in [0.2, 0.25) is 0 Å². The molecule has 2 aromatic rings. The average molecular weight is 281 g/mol. The van der Waals surface area contributed by atoms with E-state index in [2.05, 4.69) is 36.5 Å². The molecule has 0 radical (unpaired) electrons. The number of rotatable bonds is 6. The summed E-state index contributed by atoms with van der Waals surface area (Å²) >= 11 is 0. The molecule has 0 aromatic heterocycles. The fourth-order valence-electron chi connectivity index (χ4n) is 3.03. The third-order valence-corrected chi connectivity index (χ3v) is 4.31. The minimum absolute atomic E-state index is 0.647. The molecule has 2 heteroatoms. The van der Waals surface area contributed by atoms with E-state index in [1.807, 2.05) is 30.3 Å². The zero-order valence-corrected chi connectivity index (χ0v) is 12.6. The van der Waals surface area contributed by atoms with Gasteiger partial charge in [-0.05, 0) is 48.9 Å². The van der Waals surface area contributed by atoms with Gasteiger partial charge in [0.25, 0.3) is 0 Å². The number of hydrogen-bond donors (Lipinski definition) is 1. The lowest BCUT2D eigenvalue weighted by atomic mass is 9.74. The van der Waals surface area contributed by atoms with Crippen LogP contribution in [0.15, 0.2) is 54.6 Å². The van der Waals surface area contributed by atoms with Crippen molar-refractivity contribution in [1.29, 1.82) is 0 Å². The quantitative estimate of drug-likeness (QED) is 0.811. The Morgan fingerprint density at radius 2 is 1.71 bits per heavy atom. The second-order valence-corrected chi connectivity index (χ2v) is 5.84. The number of aryl methyl sites for hydroxylation is 1. The summed E-state index contributed by atoms with van der Waals surface area (Å²) in [6.45, 7) is 3.86. The van der Waals surface area contributed by atoms with E-state index in [-0.39, 0.29) is 0 Å². The maximum atomic E-state index is 5.69. The van der Waals surface area contributed by atoms with Gasteiger partial charge in [-0.2, -0.15) is 0 Å². The second kappa shape index (κ2) is 6.77. The molecule has 0 atom stereocenters. The van der Waals surface area contributed by atoms with Gasteiger partial charge in [0.05, 0.1) is 0 Å². The van der Waals surface area contributed by atoms with E-state index in [0.717, 1.165) is 24.8 Å². The van der Waals surface area contributed by atoms with Crippen molar-refractivity contribution in [3.8, 4) is 5.75 Å². The Morgan fingerprint density at radius 3 is 2.48 bits per heavy atom.